The number of hydrogen-bond acceptors (Lipinski definition) is 4. The second kappa shape index (κ2) is 8.78. The molecular formula is C23H25FN2O4S. The molecule has 0 N–H and O–H groups in total. The van der Waals surface area contributed by atoms with Gasteiger partial charge in [-0.3, -0.25) is 9.59 Å². The maximum absolute atomic E-state index is 13.1. The molecule has 6 nitrogen and oxygen atoms in total. The predicted octanol–water partition coefficient (Wildman–Crippen LogP) is 2.46. The van der Waals surface area contributed by atoms with E-state index in [-0.39, 0.29) is 46.5 Å². The van der Waals surface area contributed by atoms with Crippen LogP contribution in [0.15, 0.2) is 59.5 Å². The largest absolute Gasteiger partial charge is 0.339 e. The minimum Gasteiger partial charge on any atom is -0.339 e. The van der Waals surface area contributed by atoms with E-state index in [2.05, 4.69) is 0 Å². The van der Waals surface area contributed by atoms with Crippen LogP contribution in [-0.2, 0) is 19.4 Å². The summed E-state index contributed by atoms with van der Waals surface area (Å²) in [6.45, 7) is 1.71. The molecule has 0 spiro atoms. The molecule has 2 atom stereocenters. The molecule has 31 heavy (non-hydrogen) atoms. The Morgan fingerprint density at radius 2 is 1.52 bits per heavy atom. The van der Waals surface area contributed by atoms with Crippen LogP contribution in [0.4, 0.5) is 4.39 Å². The molecule has 1 aliphatic carbocycles. The Kier molecular flexibility index (Phi) is 6.09. The van der Waals surface area contributed by atoms with Crippen molar-refractivity contribution < 1.29 is 22.4 Å². The van der Waals surface area contributed by atoms with Crippen LogP contribution < -0.4 is 0 Å². The van der Waals surface area contributed by atoms with Gasteiger partial charge in [-0.1, -0.05) is 30.3 Å². The zero-order valence-corrected chi connectivity index (χ0v) is 17.9. The van der Waals surface area contributed by atoms with Gasteiger partial charge in [0.25, 0.3) is 0 Å². The van der Waals surface area contributed by atoms with Crippen molar-refractivity contribution >= 4 is 21.7 Å². The van der Waals surface area contributed by atoms with E-state index in [1.165, 1.54) is 24.3 Å². The molecule has 2 aromatic rings. The average Bonchev–Trinajstić information content (AvgIpc) is 3.59. The standard InChI is InChI=1S/C23H25FN2O4S/c24-18-8-6-17(7-9-18)20-16-21(20)23(28)26-13-11-25(12-14-26)22(27)10-15-31(29,30)19-4-2-1-3-5-19/h1-9,20-21H,10-16H2/t20-,21+/m0/s1. The second-order valence-electron chi connectivity index (χ2n) is 8.09. The number of sulfone groups is 1. The van der Waals surface area contributed by atoms with Crippen LogP contribution in [0.25, 0.3) is 0 Å². The minimum absolute atomic E-state index is 0.0690. The maximum Gasteiger partial charge on any atom is 0.226 e. The van der Waals surface area contributed by atoms with Crippen LogP contribution in [-0.4, -0.2) is 62.0 Å². The number of rotatable bonds is 6. The highest BCUT2D eigenvalue weighted by atomic mass is 32.2. The van der Waals surface area contributed by atoms with Crippen molar-refractivity contribution in [3.05, 3.63) is 66.0 Å². The predicted molar refractivity (Wildman–Crippen MR) is 114 cm³/mol. The number of piperazine rings is 1. The number of halogens is 1. The molecule has 0 unspecified atom stereocenters. The average molecular weight is 445 g/mol. The van der Waals surface area contributed by atoms with Crippen molar-refractivity contribution in [3.8, 4) is 0 Å². The molecule has 164 valence electrons. The summed E-state index contributed by atoms with van der Waals surface area (Å²) in [7, 11) is -3.49. The smallest absolute Gasteiger partial charge is 0.226 e. The third kappa shape index (κ3) is 4.95. The summed E-state index contributed by atoms with van der Waals surface area (Å²) < 4.78 is 37.8. The van der Waals surface area contributed by atoms with E-state index < -0.39 is 9.84 Å². The lowest BCUT2D eigenvalue weighted by atomic mass is 10.1. The topological polar surface area (TPSA) is 74.8 Å². The number of carbonyl (C=O) groups excluding carboxylic acids is 2. The van der Waals surface area contributed by atoms with Crippen LogP contribution in [0, 0.1) is 11.7 Å². The van der Waals surface area contributed by atoms with E-state index in [1.807, 2.05) is 0 Å². The molecule has 2 fully saturated rings. The SMILES string of the molecule is O=C(CCS(=O)(=O)c1ccccc1)N1CCN(C(=O)[C@@H]2C[C@H]2c2ccc(F)cc2)CC1. The molecule has 2 aliphatic rings. The van der Waals surface area contributed by atoms with Gasteiger partial charge in [-0.15, -0.1) is 0 Å². The third-order valence-electron chi connectivity index (χ3n) is 6.04. The first kappa shape index (κ1) is 21.5. The summed E-state index contributed by atoms with van der Waals surface area (Å²) in [6.07, 6.45) is 0.696. The quantitative estimate of drug-likeness (QED) is 0.686. The van der Waals surface area contributed by atoms with Crippen LogP contribution in [0.1, 0.15) is 24.3 Å². The van der Waals surface area contributed by atoms with Crippen LogP contribution in [0.3, 0.4) is 0 Å². The third-order valence-corrected chi connectivity index (χ3v) is 7.77. The van der Waals surface area contributed by atoms with Crippen LogP contribution in [0.2, 0.25) is 0 Å². The van der Waals surface area contributed by atoms with Gasteiger partial charge in [-0.05, 0) is 42.2 Å². The van der Waals surface area contributed by atoms with Gasteiger partial charge in [0.2, 0.25) is 11.8 Å². The van der Waals surface area contributed by atoms with Gasteiger partial charge in [0.1, 0.15) is 5.82 Å². The van der Waals surface area contributed by atoms with Gasteiger partial charge in [0.05, 0.1) is 10.6 Å². The summed E-state index contributed by atoms with van der Waals surface area (Å²) >= 11 is 0. The van der Waals surface area contributed by atoms with Gasteiger partial charge < -0.3 is 9.80 Å². The first-order chi connectivity index (χ1) is 14.8. The highest BCUT2D eigenvalue weighted by molar-refractivity contribution is 7.91. The molecule has 0 radical (unpaired) electrons. The van der Waals surface area contributed by atoms with E-state index in [4.69, 9.17) is 0 Å². The van der Waals surface area contributed by atoms with E-state index in [9.17, 15) is 22.4 Å². The molecule has 0 bridgehead atoms. The van der Waals surface area contributed by atoms with Crippen LogP contribution >= 0.6 is 0 Å². The Labute approximate surface area is 181 Å². The van der Waals surface area contributed by atoms with Gasteiger partial charge in [-0.2, -0.15) is 0 Å². The molecule has 8 heteroatoms. The maximum atomic E-state index is 13.1. The van der Waals surface area contributed by atoms with E-state index in [0.29, 0.717) is 26.2 Å². The summed E-state index contributed by atoms with van der Waals surface area (Å²) in [6, 6.07) is 14.4. The monoisotopic (exact) mass is 444 g/mol. The second-order valence-corrected chi connectivity index (χ2v) is 10.2. The summed E-state index contributed by atoms with van der Waals surface area (Å²) in [5.41, 5.74) is 0.980. The first-order valence-corrected chi connectivity index (χ1v) is 12.1. The number of hydrogen-bond donors (Lipinski definition) is 0. The molecule has 1 aliphatic heterocycles. The van der Waals surface area contributed by atoms with Crippen molar-refractivity contribution in [1.82, 2.24) is 9.80 Å². The van der Waals surface area contributed by atoms with Crippen molar-refractivity contribution in [2.75, 3.05) is 31.9 Å². The number of carbonyl (C=O) groups is 2. The normalized spacial score (nSPS) is 21.1. The van der Waals surface area contributed by atoms with E-state index in [0.717, 1.165) is 12.0 Å². The van der Waals surface area contributed by atoms with Gasteiger partial charge in [-0.25, -0.2) is 12.8 Å². The zero-order valence-electron chi connectivity index (χ0n) is 17.1. The molecule has 1 saturated carbocycles. The molecule has 2 amide bonds. The molecule has 0 aromatic heterocycles. The Bertz CT molecular complexity index is 1050. The Hall–Kier alpha value is -2.74. The Balaban J connectivity index is 1.24. The van der Waals surface area contributed by atoms with Crippen molar-refractivity contribution in [2.45, 2.75) is 23.7 Å². The molecular weight excluding hydrogens is 419 g/mol. The molecule has 1 saturated heterocycles. The fourth-order valence-electron chi connectivity index (χ4n) is 4.08. The lowest BCUT2D eigenvalue weighted by Crippen LogP contribution is -2.51. The molecule has 2 aromatic carbocycles. The minimum atomic E-state index is -3.49. The fourth-order valence-corrected chi connectivity index (χ4v) is 5.33. The van der Waals surface area contributed by atoms with E-state index >= 15 is 0 Å². The van der Waals surface area contributed by atoms with Gasteiger partial charge in [0.15, 0.2) is 9.84 Å². The van der Waals surface area contributed by atoms with Crippen molar-refractivity contribution in [2.24, 2.45) is 5.92 Å². The Morgan fingerprint density at radius 3 is 2.16 bits per heavy atom. The molecule has 1 heterocycles. The fraction of sp³-hybridized carbons (Fsp3) is 0.391. The first-order valence-electron chi connectivity index (χ1n) is 10.4. The van der Waals surface area contributed by atoms with E-state index in [1.54, 1.807) is 40.1 Å². The van der Waals surface area contributed by atoms with Crippen molar-refractivity contribution in [3.63, 3.8) is 0 Å². The summed E-state index contributed by atoms with van der Waals surface area (Å²) in [5.74, 6) is -0.587. The lowest BCUT2D eigenvalue weighted by molar-refractivity contribution is -0.140. The summed E-state index contributed by atoms with van der Waals surface area (Å²) in [4.78, 5) is 28.9. The Morgan fingerprint density at radius 1 is 0.903 bits per heavy atom. The van der Waals surface area contributed by atoms with Gasteiger partial charge >= 0.3 is 0 Å². The number of benzene rings is 2. The number of nitrogens with zero attached hydrogens (tertiary/aromatic N) is 2. The molecule has 4 rings (SSSR count). The highest BCUT2D eigenvalue weighted by Crippen LogP contribution is 2.48. The summed E-state index contributed by atoms with van der Waals surface area (Å²) in [5, 5.41) is 0. The van der Waals surface area contributed by atoms with Gasteiger partial charge in [0, 0.05) is 38.5 Å². The zero-order chi connectivity index (χ0) is 22.0. The number of amides is 2. The lowest BCUT2D eigenvalue weighted by Gasteiger charge is -2.35. The van der Waals surface area contributed by atoms with Crippen molar-refractivity contribution in [1.29, 1.82) is 0 Å². The highest BCUT2D eigenvalue weighted by Gasteiger charge is 2.46. The van der Waals surface area contributed by atoms with Crippen LogP contribution in [0.5, 0.6) is 0 Å².